The Balaban J connectivity index is 0.00000112. The van der Waals surface area contributed by atoms with Crippen LogP contribution in [-0.4, -0.2) is 37.2 Å². The minimum absolute atomic E-state index is 0. The van der Waals surface area contributed by atoms with Crippen LogP contribution in [0.4, 0.5) is 0 Å². The Morgan fingerprint density at radius 1 is 1.47 bits per heavy atom. The smallest absolute Gasteiger partial charge is 0.298 e. The molecule has 4 unspecified atom stereocenters. The van der Waals surface area contributed by atoms with Gasteiger partial charge in [-0.1, -0.05) is 5.92 Å². The molecule has 2 rings (SSSR count). The number of aliphatic hydroxyl groups is 1. The minimum Gasteiger partial charge on any atom is -0.483 e. The molecule has 1 N–H and O–H groups in total. The molecule has 0 aromatic heterocycles. The second kappa shape index (κ2) is 4.95. The van der Waals surface area contributed by atoms with Crippen LogP contribution in [0.3, 0.4) is 0 Å². The standard InChI is InChI=1S/C8H14O5P.W/c1-5-8-6(9)3-11-4-7(8)13-14(2,10)12-5;/h6-9H,3-4H2,1-2H3;/q-1;. The van der Waals surface area contributed by atoms with Crippen molar-refractivity contribution in [1.82, 2.24) is 0 Å². The third kappa shape index (κ3) is 2.90. The van der Waals surface area contributed by atoms with Crippen molar-refractivity contribution in [2.24, 2.45) is 5.92 Å². The SMILES string of the molecule is C[C-]1OP(C)(=O)OC2COCC(O)C12.[W]. The van der Waals surface area contributed by atoms with E-state index in [0.29, 0.717) is 12.7 Å². The van der Waals surface area contributed by atoms with E-state index in [-0.39, 0.29) is 39.7 Å². The molecule has 88 valence electrons. The average molecular weight is 405 g/mol. The third-order valence-corrected chi connectivity index (χ3v) is 3.77. The van der Waals surface area contributed by atoms with Crippen LogP contribution in [0.1, 0.15) is 6.92 Å². The fraction of sp³-hybridized carbons (Fsp3) is 0.875. The first-order valence-corrected chi connectivity index (χ1v) is 6.53. The maximum atomic E-state index is 11.6. The molecule has 2 aliphatic heterocycles. The first-order valence-electron chi connectivity index (χ1n) is 4.54. The zero-order chi connectivity index (χ0) is 10.3. The molecule has 7 heteroatoms. The molecule has 2 aliphatic rings. The van der Waals surface area contributed by atoms with Gasteiger partial charge in [0.15, 0.2) is 0 Å². The Morgan fingerprint density at radius 3 is 2.80 bits per heavy atom. The number of ether oxygens (including phenoxy) is 1. The molecule has 0 saturated carbocycles. The van der Waals surface area contributed by atoms with Crippen molar-refractivity contribution in [3.8, 4) is 0 Å². The van der Waals surface area contributed by atoms with Gasteiger partial charge in [-0.2, -0.15) is 13.0 Å². The Hall–Kier alpha value is 0.758. The molecule has 2 fully saturated rings. The summed E-state index contributed by atoms with van der Waals surface area (Å²) in [5.41, 5.74) is 0. The van der Waals surface area contributed by atoms with Crippen molar-refractivity contribution < 1.29 is 44.5 Å². The first-order chi connectivity index (χ1) is 6.49. The van der Waals surface area contributed by atoms with Crippen LogP contribution in [0.15, 0.2) is 0 Å². The van der Waals surface area contributed by atoms with E-state index in [1.807, 2.05) is 0 Å². The topological polar surface area (TPSA) is 65.0 Å². The fourth-order valence-electron chi connectivity index (χ4n) is 1.98. The van der Waals surface area contributed by atoms with Crippen LogP contribution < -0.4 is 0 Å². The van der Waals surface area contributed by atoms with E-state index < -0.39 is 13.7 Å². The van der Waals surface area contributed by atoms with Crippen molar-refractivity contribution in [2.75, 3.05) is 19.9 Å². The van der Waals surface area contributed by atoms with Crippen molar-refractivity contribution in [3.05, 3.63) is 6.10 Å². The summed E-state index contributed by atoms with van der Waals surface area (Å²) in [6.07, 6.45) is -0.389. The molecule has 0 spiro atoms. The molecule has 0 aromatic carbocycles. The molecule has 2 heterocycles. The van der Waals surface area contributed by atoms with Crippen molar-refractivity contribution in [3.63, 3.8) is 0 Å². The summed E-state index contributed by atoms with van der Waals surface area (Å²) < 4.78 is 27.1. The van der Waals surface area contributed by atoms with E-state index in [1.165, 1.54) is 6.66 Å². The van der Waals surface area contributed by atoms with Gasteiger partial charge < -0.3 is 18.9 Å². The molecule has 0 amide bonds. The van der Waals surface area contributed by atoms with E-state index in [2.05, 4.69) is 0 Å². The predicted molar refractivity (Wildman–Crippen MR) is 48.7 cm³/mol. The third-order valence-electron chi connectivity index (χ3n) is 2.49. The summed E-state index contributed by atoms with van der Waals surface area (Å²) in [6.45, 7) is 3.79. The Morgan fingerprint density at radius 2 is 2.13 bits per heavy atom. The van der Waals surface area contributed by atoms with Crippen LogP contribution in [-0.2, 0) is 39.4 Å². The van der Waals surface area contributed by atoms with Crippen molar-refractivity contribution in [2.45, 2.75) is 19.1 Å². The zero-order valence-electron chi connectivity index (χ0n) is 8.58. The summed E-state index contributed by atoms with van der Waals surface area (Å²) in [4.78, 5) is 0. The molecule has 5 nitrogen and oxygen atoms in total. The monoisotopic (exact) mass is 405 g/mol. The quantitative estimate of drug-likeness (QED) is 0.477. The van der Waals surface area contributed by atoms with Gasteiger partial charge in [-0.3, -0.25) is 4.57 Å². The van der Waals surface area contributed by atoms with Crippen LogP contribution in [0.25, 0.3) is 0 Å². The van der Waals surface area contributed by atoms with Gasteiger partial charge in [-0.05, 0) is 0 Å². The predicted octanol–water partition coefficient (Wildman–Crippen LogP) is 0.781. The van der Waals surface area contributed by atoms with Crippen LogP contribution in [0.5, 0.6) is 0 Å². The summed E-state index contributed by atoms with van der Waals surface area (Å²) in [5, 5.41) is 9.65. The molecule has 0 aromatic rings. The van der Waals surface area contributed by atoms with Gasteiger partial charge in [-0.15, -0.1) is 0 Å². The number of rotatable bonds is 0. The number of fused-ring (bicyclic) bond motifs is 1. The molecular formula is C8H14O5PW-. The van der Waals surface area contributed by atoms with E-state index in [0.717, 1.165) is 0 Å². The molecule has 4 atom stereocenters. The van der Waals surface area contributed by atoms with Crippen molar-refractivity contribution in [1.29, 1.82) is 0 Å². The summed E-state index contributed by atoms with van der Waals surface area (Å²) in [6, 6.07) is 0. The largest absolute Gasteiger partial charge is 0.483 e. The van der Waals surface area contributed by atoms with E-state index >= 15 is 0 Å². The summed E-state index contributed by atoms with van der Waals surface area (Å²) >= 11 is 0. The van der Waals surface area contributed by atoms with Gasteiger partial charge in [0.25, 0.3) is 7.60 Å². The average Bonchev–Trinajstić information content (AvgIpc) is 2.00. The van der Waals surface area contributed by atoms with Gasteiger partial charge in [0, 0.05) is 27.7 Å². The van der Waals surface area contributed by atoms with Gasteiger partial charge in [0.05, 0.1) is 25.4 Å². The van der Waals surface area contributed by atoms with Crippen LogP contribution in [0, 0.1) is 12.0 Å². The van der Waals surface area contributed by atoms with Crippen molar-refractivity contribution >= 4 is 7.60 Å². The van der Waals surface area contributed by atoms with Gasteiger partial charge in [0.2, 0.25) is 0 Å². The van der Waals surface area contributed by atoms with Crippen LogP contribution >= 0.6 is 7.60 Å². The Kier molecular flexibility index (Phi) is 4.56. The molecule has 15 heavy (non-hydrogen) atoms. The second-order valence-electron chi connectivity index (χ2n) is 3.75. The molecule has 0 bridgehead atoms. The number of hydrogen-bond donors (Lipinski definition) is 1. The van der Waals surface area contributed by atoms with E-state index in [4.69, 9.17) is 13.8 Å². The number of aliphatic hydroxyl groups excluding tert-OH is 1. The fourth-order valence-corrected chi connectivity index (χ4v) is 3.35. The maximum Gasteiger partial charge on any atom is 0.298 e. The Bertz CT molecular complexity index is 274. The molecule has 2 saturated heterocycles. The van der Waals surface area contributed by atoms with E-state index in [1.54, 1.807) is 6.92 Å². The molecule has 0 radical (unpaired) electrons. The summed E-state index contributed by atoms with van der Waals surface area (Å²) in [7, 11) is -2.99. The number of hydrogen-bond acceptors (Lipinski definition) is 5. The van der Waals surface area contributed by atoms with Gasteiger partial charge in [-0.25, -0.2) is 0 Å². The zero-order valence-corrected chi connectivity index (χ0v) is 12.4. The summed E-state index contributed by atoms with van der Waals surface area (Å²) in [5.74, 6) is -0.217. The minimum atomic E-state index is -2.99. The molecule has 0 aliphatic carbocycles. The molecular weight excluding hydrogens is 391 g/mol. The van der Waals surface area contributed by atoms with Gasteiger partial charge >= 0.3 is 0 Å². The van der Waals surface area contributed by atoms with E-state index in [9.17, 15) is 9.67 Å². The second-order valence-corrected chi connectivity index (χ2v) is 5.68. The van der Waals surface area contributed by atoms with Gasteiger partial charge in [0.1, 0.15) is 0 Å². The Labute approximate surface area is 103 Å². The maximum absolute atomic E-state index is 11.6. The first kappa shape index (κ1) is 13.8. The normalized spacial score (nSPS) is 46.7. The van der Waals surface area contributed by atoms with Crippen LogP contribution in [0.2, 0.25) is 0 Å².